The zero-order valence-electron chi connectivity index (χ0n) is 17.3. The van der Waals surface area contributed by atoms with E-state index in [2.05, 4.69) is 17.4 Å². The van der Waals surface area contributed by atoms with Crippen molar-refractivity contribution in [2.24, 2.45) is 5.92 Å². The number of carbonyl (C=O) groups is 1. The fraction of sp³-hybridized carbons (Fsp3) is 0.304. The summed E-state index contributed by atoms with van der Waals surface area (Å²) < 4.78 is 5.13. The number of non-ortho nitro benzene ring substituents is 1. The van der Waals surface area contributed by atoms with E-state index in [1.165, 1.54) is 30.9 Å². The van der Waals surface area contributed by atoms with Gasteiger partial charge in [-0.3, -0.25) is 14.9 Å². The molecule has 2 aromatic carbocycles. The molecular formula is C23H24N4O4. The first kappa shape index (κ1) is 21.8. The molecule has 2 aromatic rings. The molecule has 1 amide bonds. The van der Waals surface area contributed by atoms with Crippen LogP contribution in [0.1, 0.15) is 18.4 Å². The fourth-order valence-corrected chi connectivity index (χ4v) is 3.64. The van der Waals surface area contributed by atoms with Crippen molar-refractivity contribution in [2.45, 2.75) is 19.3 Å². The maximum Gasteiger partial charge on any atom is 0.273 e. The number of nitro groups is 1. The molecule has 0 saturated carbocycles. The summed E-state index contributed by atoms with van der Waals surface area (Å²) >= 11 is 0. The highest BCUT2D eigenvalue weighted by molar-refractivity contribution is 6.07. The minimum absolute atomic E-state index is 0.0260. The highest BCUT2D eigenvalue weighted by Crippen LogP contribution is 2.29. The highest BCUT2D eigenvalue weighted by Gasteiger charge is 2.20. The molecule has 0 aliphatic carbocycles. The summed E-state index contributed by atoms with van der Waals surface area (Å²) in [7, 11) is 1.36. The third-order valence-corrected chi connectivity index (χ3v) is 5.34. The zero-order chi connectivity index (χ0) is 22.2. The summed E-state index contributed by atoms with van der Waals surface area (Å²) in [5.41, 5.74) is 1.41. The molecule has 3 rings (SSSR count). The van der Waals surface area contributed by atoms with E-state index in [1.54, 1.807) is 6.20 Å². The largest absolute Gasteiger partial charge is 0.494 e. The standard InChI is InChI=1S/C23H24N4O4/c1-31-22-14-20(27(29)30)7-8-21(22)25-23(28)19(15-24)16-26-11-9-18(10-12-26)13-17-5-3-2-4-6-17/h2-8,14,16,18H,9-13H2,1H3,(H,25,28)/b19-16-. The van der Waals surface area contributed by atoms with Gasteiger partial charge in [0.15, 0.2) is 0 Å². The number of carbonyl (C=O) groups excluding carboxylic acids is 1. The smallest absolute Gasteiger partial charge is 0.273 e. The predicted octanol–water partition coefficient (Wildman–Crippen LogP) is 3.90. The van der Waals surface area contributed by atoms with Crippen LogP contribution in [-0.4, -0.2) is 35.9 Å². The van der Waals surface area contributed by atoms with E-state index in [0.29, 0.717) is 5.92 Å². The number of anilines is 1. The number of nitro benzene ring substituents is 1. The zero-order valence-corrected chi connectivity index (χ0v) is 17.3. The Morgan fingerprint density at radius 1 is 1.29 bits per heavy atom. The number of likely N-dealkylation sites (tertiary alicyclic amines) is 1. The van der Waals surface area contributed by atoms with Gasteiger partial charge < -0.3 is 15.0 Å². The quantitative estimate of drug-likeness (QED) is 0.315. The van der Waals surface area contributed by atoms with Crippen molar-refractivity contribution in [1.82, 2.24) is 4.90 Å². The summed E-state index contributed by atoms with van der Waals surface area (Å²) in [6, 6.07) is 16.2. The average molecular weight is 420 g/mol. The van der Waals surface area contributed by atoms with Gasteiger partial charge in [-0.1, -0.05) is 30.3 Å². The van der Waals surface area contributed by atoms with E-state index in [9.17, 15) is 20.2 Å². The molecule has 0 unspecified atom stereocenters. The summed E-state index contributed by atoms with van der Waals surface area (Å²) in [4.78, 5) is 24.9. The third-order valence-electron chi connectivity index (χ3n) is 5.34. The third kappa shape index (κ3) is 5.82. The van der Waals surface area contributed by atoms with Crippen molar-refractivity contribution in [3.05, 3.63) is 76.0 Å². The highest BCUT2D eigenvalue weighted by atomic mass is 16.6. The van der Waals surface area contributed by atoms with Gasteiger partial charge in [-0.05, 0) is 36.8 Å². The number of hydrogen-bond donors (Lipinski definition) is 1. The number of methoxy groups -OCH3 is 1. The van der Waals surface area contributed by atoms with Gasteiger partial charge >= 0.3 is 0 Å². The lowest BCUT2D eigenvalue weighted by Crippen LogP contribution is -2.31. The van der Waals surface area contributed by atoms with E-state index in [0.717, 1.165) is 32.4 Å². The number of hydrogen-bond acceptors (Lipinski definition) is 6. The minimum Gasteiger partial charge on any atom is -0.494 e. The molecule has 8 heteroatoms. The molecule has 160 valence electrons. The Morgan fingerprint density at radius 3 is 2.61 bits per heavy atom. The molecule has 1 aliphatic heterocycles. The molecular weight excluding hydrogens is 396 g/mol. The van der Waals surface area contributed by atoms with Crippen LogP contribution >= 0.6 is 0 Å². The van der Waals surface area contributed by atoms with Crippen LogP contribution < -0.4 is 10.1 Å². The molecule has 0 radical (unpaired) electrons. The molecule has 1 heterocycles. The van der Waals surface area contributed by atoms with Gasteiger partial charge in [0.25, 0.3) is 11.6 Å². The summed E-state index contributed by atoms with van der Waals surface area (Å²) in [5.74, 6) is 0.151. The maximum atomic E-state index is 12.6. The predicted molar refractivity (Wildman–Crippen MR) is 116 cm³/mol. The average Bonchev–Trinajstić information content (AvgIpc) is 2.79. The van der Waals surface area contributed by atoms with E-state index in [-0.39, 0.29) is 22.7 Å². The number of nitriles is 1. The Hall–Kier alpha value is -3.86. The second kappa shape index (κ2) is 10.3. The van der Waals surface area contributed by atoms with E-state index in [1.807, 2.05) is 29.2 Å². The van der Waals surface area contributed by atoms with Crippen LogP contribution in [0.5, 0.6) is 5.75 Å². The topological polar surface area (TPSA) is 108 Å². The second-order valence-electron chi connectivity index (χ2n) is 7.42. The molecule has 31 heavy (non-hydrogen) atoms. The number of ether oxygens (including phenoxy) is 1. The summed E-state index contributed by atoms with van der Waals surface area (Å²) in [6.45, 7) is 1.55. The lowest BCUT2D eigenvalue weighted by molar-refractivity contribution is -0.384. The number of nitrogens with zero attached hydrogens (tertiary/aromatic N) is 3. The Balaban J connectivity index is 1.61. The molecule has 0 aromatic heterocycles. The van der Waals surface area contributed by atoms with Crippen LogP contribution in [-0.2, 0) is 11.2 Å². The maximum absolute atomic E-state index is 12.6. The van der Waals surface area contributed by atoms with Gasteiger partial charge in [0.2, 0.25) is 0 Å². The van der Waals surface area contributed by atoms with Crippen LogP contribution in [0, 0.1) is 27.4 Å². The first-order chi connectivity index (χ1) is 15.0. The van der Waals surface area contributed by atoms with Crippen molar-refractivity contribution < 1.29 is 14.5 Å². The Kier molecular flexibility index (Phi) is 7.22. The Morgan fingerprint density at radius 2 is 2.00 bits per heavy atom. The number of amides is 1. The first-order valence-electron chi connectivity index (χ1n) is 10.0. The minimum atomic E-state index is -0.582. The van der Waals surface area contributed by atoms with Gasteiger partial charge in [0.1, 0.15) is 17.4 Å². The Bertz CT molecular complexity index is 1010. The lowest BCUT2D eigenvalue weighted by Gasteiger charge is -2.31. The molecule has 1 saturated heterocycles. The van der Waals surface area contributed by atoms with E-state index < -0.39 is 10.8 Å². The number of piperidine rings is 1. The monoisotopic (exact) mass is 420 g/mol. The Labute approximate surface area is 180 Å². The molecule has 1 fully saturated rings. The van der Waals surface area contributed by atoms with Crippen LogP contribution in [0.3, 0.4) is 0 Å². The van der Waals surface area contributed by atoms with Gasteiger partial charge in [-0.2, -0.15) is 5.26 Å². The fourth-order valence-electron chi connectivity index (χ4n) is 3.64. The van der Waals surface area contributed by atoms with Gasteiger partial charge in [-0.15, -0.1) is 0 Å². The molecule has 1 aliphatic rings. The summed E-state index contributed by atoms with van der Waals surface area (Å²) in [6.07, 6.45) is 4.60. The van der Waals surface area contributed by atoms with E-state index >= 15 is 0 Å². The van der Waals surface area contributed by atoms with Crippen LogP contribution in [0.4, 0.5) is 11.4 Å². The van der Waals surface area contributed by atoms with Crippen LogP contribution in [0.2, 0.25) is 0 Å². The van der Waals surface area contributed by atoms with Crippen molar-refractivity contribution in [2.75, 3.05) is 25.5 Å². The summed E-state index contributed by atoms with van der Waals surface area (Å²) in [5, 5.41) is 23.0. The van der Waals surface area contributed by atoms with Crippen LogP contribution in [0.15, 0.2) is 60.3 Å². The van der Waals surface area contributed by atoms with Gasteiger partial charge in [-0.25, -0.2) is 0 Å². The second-order valence-corrected chi connectivity index (χ2v) is 7.42. The SMILES string of the molecule is COc1cc([N+](=O)[O-])ccc1NC(=O)/C(C#N)=C\N1CCC(Cc2ccccc2)CC1. The van der Waals surface area contributed by atoms with Crippen molar-refractivity contribution >= 4 is 17.3 Å². The van der Waals surface area contributed by atoms with Crippen LogP contribution in [0.25, 0.3) is 0 Å². The number of nitrogens with one attached hydrogen (secondary N) is 1. The molecule has 0 bridgehead atoms. The van der Waals surface area contributed by atoms with Gasteiger partial charge in [0, 0.05) is 25.4 Å². The first-order valence-corrected chi connectivity index (χ1v) is 10.0. The normalized spacial score (nSPS) is 14.6. The number of rotatable bonds is 7. The van der Waals surface area contributed by atoms with Crippen molar-refractivity contribution in [3.8, 4) is 11.8 Å². The lowest BCUT2D eigenvalue weighted by atomic mass is 9.90. The molecule has 8 nitrogen and oxygen atoms in total. The molecule has 1 N–H and O–H groups in total. The molecule has 0 spiro atoms. The number of benzene rings is 2. The molecule has 0 atom stereocenters. The van der Waals surface area contributed by atoms with Crippen molar-refractivity contribution in [3.63, 3.8) is 0 Å². The van der Waals surface area contributed by atoms with Gasteiger partial charge in [0.05, 0.1) is 23.8 Å². The van der Waals surface area contributed by atoms with Crippen molar-refractivity contribution in [1.29, 1.82) is 5.26 Å². The van der Waals surface area contributed by atoms with E-state index in [4.69, 9.17) is 4.74 Å².